The molecule has 0 aliphatic heterocycles. The van der Waals surface area contributed by atoms with E-state index in [1.165, 1.54) is 25.5 Å². The number of amides is 1. The van der Waals surface area contributed by atoms with Crippen molar-refractivity contribution in [3.05, 3.63) is 48.2 Å². The van der Waals surface area contributed by atoms with Gasteiger partial charge < -0.3 is 11.1 Å². The van der Waals surface area contributed by atoms with Crippen LogP contribution in [0.2, 0.25) is 0 Å². The van der Waals surface area contributed by atoms with Gasteiger partial charge in [0, 0.05) is 36.5 Å². The van der Waals surface area contributed by atoms with E-state index in [0.29, 0.717) is 27.7 Å². The minimum atomic E-state index is -0.593. The molecule has 3 aromatic heterocycles. The van der Waals surface area contributed by atoms with Gasteiger partial charge >= 0.3 is 0 Å². The summed E-state index contributed by atoms with van der Waals surface area (Å²) in [5.41, 5.74) is 7.72. The Morgan fingerprint density at radius 1 is 1.27 bits per heavy atom. The largest absolute Gasteiger partial charge is 0.382 e. The van der Waals surface area contributed by atoms with E-state index in [9.17, 15) is 9.18 Å². The van der Waals surface area contributed by atoms with E-state index in [-0.39, 0.29) is 11.7 Å². The number of nitrogens with zero attached hydrogens (tertiary/aromatic N) is 3. The highest BCUT2D eigenvalue weighted by molar-refractivity contribution is 6.08. The SMILES string of the molecule is CNC(=O)c1cnc(N)c2nc(-c3ccnc(F)c3)ccc12. The molecule has 0 unspecified atom stereocenters. The molecule has 3 heterocycles. The summed E-state index contributed by atoms with van der Waals surface area (Å²) in [6, 6.07) is 6.34. The van der Waals surface area contributed by atoms with Crippen LogP contribution in [0, 0.1) is 5.95 Å². The van der Waals surface area contributed by atoms with Crippen LogP contribution in [0.3, 0.4) is 0 Å². The number of rotatable bonds is 2. The van der Waals surface area contributed by atoms with Crippen LogP contribution in [-0.2, 0) is 0 Å². The van der Waals surface area contributed by atoms with E-state index in [4.69, 9.17) is 5.73 Å². The molecular weight excluding hydrogens is 285 g/mol. The van der Waals surface area contributed by atoms with E-state index in [2.05, 4.69) is 20.3 Å². The third-order valence-corrected chi connectivity index (χ3v) is 3.25. The molecule has 6 nitrogen and oxygen atoms in total. The van der Waals surface area contributed by atoms with Gasteiger partial charge in [-0.3, -0.25) is 4.79 Å². The summed E-state index contributed by atoms with van der Waals surface area (Å²) in [6.07, 6.45) is 2.77. The van der Waals surface area contributed by atoms with Crippen molar-refractivity contribution < 1.29 is 9.18 Å². The monoisotopic (exact) mass is 297 g/mol. The predicted octanol–water partition coefficient (Wildman–Crippen LogP) is 1.77. The smallest absolute Gasteiger partial charge is 0.253 e. The Kier molecular flexibility index (Phi) is 3.38. The van der Waals surface area contributed by atoms with Crippen LogP contribution in [0.5, 0.6) is 0 Å². The van der Waals surface area contributed by atoms with Gasteiger partial charge in [-0.1, -0.05) is 0 Å². The second kappa shape index (κ2) is 5.36. The number of fused-ring (bicyclic) bond motifs is 1. The summed E-state index contributed by atoms with van der Waals surface area (Å²) >= 11 is 0. The molecule has 3 N–H and O–H groups in total. The first kappa shape index (κ1) is 13.9. The lowest BCUT2D eigenvalue weighted by Gasteiger charge is -2.08. The first-order valence-corrected chi connectivity index (χ1v) is 6.49. The molecule has 3 rings (SSSR count). The van der Waals surface area contributed by atoms with E-state index in [0.717, 1.165) is 0 Å². The second-order valence-corrected chi connectivity index (χ2v) is 4.60. The number of aromatic nitrogens is 3. The highest BCUT2D eigenvalue weighted by Crippen LogP contribution is 2.25. The second-order valence-electron chi connectivity index (χ2n) is 4.60. The van der Waals surface area contributed by atoms with Crippen molar-refractivity contribution in [1.82, 2.24) is 20.3 Å². The molecule has 0 bridgehead atoms. The number of hydrogen-bond acceptors (Lipinski definition) is 5. The highest BCUT2D eigenvalue weighted by Gasteiger charge is 2.13. The average molecular weight is 297 g/mol. The van der Waals surface area contributed by atoms with Crippen LogP contribution >= 0.6 is 0 Å². The fraction of sp³-hybridized carbons (Fsp3) is 0.0667. The lowest BCUT2D eigenvalue weighted by Crippen LogP contribution is -2.18. The number of nitrogens with one attached hydrogen (secondary N) is 1. The maximum Gasteiger partial charge on any atom is 0.253 e. The van der Waals surface area contributed by atoms with E-state index < -0.39 is 5.95 Å². The van der Waals surface area contributed by atoms with E-state index in [1.807, 2.05) is 0 Å². The normalized spacial score (nSPS) is 10.6. The summed E-state index contributed by atoms with van der Waals surface area (Å²) in [7, 11) is 1.53. The predicted molar refractivity (Wildman–Crippen MR) is 80.5 cm³/mol. The quantitative estimate of drug-likeness (QED) is 0.703. The molecule has 7 heteroatoms. The number of carbonyl (C=O) groups excluding carboxylic acids is 1. The van der Waals surface area contributed by atoms with Gasteiger partial charge in [-0.2, -0.15) is 4.39 Å². The maximum absolute atomic E-state index is 13.2. The molecule has 0 fully saturated rings. The van der Waals surface area contributed by atoms with Crippen LogP contribution in [0.15, 0.2) is 36.7 Å². The lowest BCUT2D eigenvalue weighted by molar-refractivity contribution is 0.0964. The molecule has 0 radical (unpaired) electrons. The maximum atomic E-state index is 13.2. The third kappa shape index (κ3) is 2.32. The Morgan fingerprint density at radius 2 is 2.09 bits per heavy atom. The van der Waals surface area contributed by atoms with Gasteiger partial charge in [0.1, 0.15) is 11.3 Å². The van der Waals surface area contributed by atoms with E-state index in [1.54, 1.807) is 18.2 Å². The van der Waals surface area contributed by atoms with Gasteiger partial charge in [0.15, 0.2) is 0 Å². The van der Waals surface area contributed by atoms with Gasteiger partial charge in [0.2, 0.25) is 5.95 Å². The number of carbonyl (C=O) groups is 1. The van der Waals surface area contributed by atoms with Crippen molar-refractivity contribution in [3.8, 4) is 11.3 Å². The van der Waals surface area contributed by atoms with Crippen molar-refractivity contribution in [1.29, 1.82) is 0 Å². The topological polar surface area (TPSA) is 93.8 Å². The first-order chi connectivity index (χ1) is 10.6. The fourth-order valence-electron chi connectivity index (χ4n) is 2.17. The highest BCUT2D eigenvalue weighted by atomic mass is 19.1. The van der Waals surface area contributed by atoms with Gasteiger partial charge in [-0.15, -0.1) is 0 Å². The minimum absolute atomic E-state index is 0.207. The Hall–Kier alpha value is -3.09. The van der Waals surface area contributed by atoms with Crippen LogP contribution in [0.4, 0.5) is 10.2 Å². The lowest BCUT2D eigenvalue weighted by atomic mass is 10.1. The molecule has 0 aliphatic rings. The zero-order valence-corrected chi connectivity index (χ0v) is 11.7. The molecule has 110 valence electrons. The van der Waals surface area contributed by atoms with Crippen molar-refractivity contribution >= 4 is 22.6 Å². The standard InChI is InChI=1S/C15H12FN5O/c1-18-15(22)10-7-20-14(17)13-9(10)2-3-11(21-13)8-4-5-19-12(16)6-8/h2-7H,1H3,(H2,17,20)(H,18,22). The number of hydrogen-bond donors (Lipinski definition) is 2. The Labute approximate surface area is 125 Å². The van der Waals surface area contributed by atoms with Crippen molar-refractivity contribution in [2.24, 2.45) is 0 Å². The molecule has 3 aromatic rings. The fourth-order valence-corrected chi connectivity index (χ4v) is 2.17. The van der Waals surface area contributed by atoms with E-state index >= 15 is 0 Å². The number of halogens is 1. The molecule has 0 spiro atoms. The third-order valence-electron chi connectivity index (χ3n) is 3.25. The number of pyridine rings is 3. The summed E-state index contributed by atoms with van der Waals surface area (Å²) in [6.45, 7) is 0. The van der Waals surface area contributed by atoms with Crippen LogP contribution in [-0.4, -0.2) is 27.9 Å². The Bertz CT molecular complexity index is 881. The molecule has 1 amide bonds. The van der Waals surface area contributed by atoms with Crippen LogP contribution < -0.4 is 11.1 Å². The van der Waals surface area contributed by atoms with Crippen LogP contribution in [0.1, 0.15) is 10.4 Å². The number of nitrogen functional groups attached to an aromatic ring is 1. The molecule has 0 atom stereocenters. The zero-order chi connectivity index (χ0) is 15.7. The molecule has 0 aromatic carbocycles. The Balaban J connectivity index is 2.22. The number of anilines is 1. The van der Waals surface area contributed by atoms with Gasteiger partial charge in [-0.25, -0.2) is 15.0 Å². The zero-order valence-electron chi connectivity index (χ0n) is 11.7. The average Bonchev–Trinajstić information content (AvgIpc) is 2.54. The summed E-state index contributed by atoms with van der Waals surface area (Å²) in [4.78, 5) is 23.8. The Morgan fingerprint density at radius 3 is 2.82 bits per heavy atom. The minimum Gasteiger partial charge on any atom is -0.382 e. The van der Waals surface area contributed by atoms with Crippen molar-refractivity contribution in [2.45, 2.75) is 0 Å². The molecule has 0 saturated carbocycles. The van der Waals surface area contributed by atoms with Gasteiger partial charge in [0.05, 0.1) is 11.3 Å². The molecule has 0 saturated heterocycles. The summed E-state index contributed by atoms with van der Waals surface area (Å²) in [5.74, 6) is -0.661. The molecule has 22 heavy (non-hydrogen) atoms. The van der Waals surface area contributed by atoms with Gasteiger partial charge in [-0.05, 0) is 18.2 Å². The van der Waals surface area contributed by atoms with Crippen molar-refractivity contribution in [3.63, 3.8) is 0 Å². The summed E-state index contributed by atoms with van der Waals surface area (Å²) in [5, 5.41) is 3.13. The van der Waals surface area contributed by atoms with Crippen molar-refractivity contribution in [2.75, 3.05) is 12.8 Å². The van der Waals surface area contributed by atoms with Gasteiger partial charge in [0.25, 0.3) is 5.91 Å². The molecule has 0 aliphatic carbocycles. The summed E-state index contributed by atoms with van der Waals surface area (Å²) < 4.78 is 13.2. The molecular formula is C15H12FN5O. The first-order valence-electron chi connectivity index (χ1n) is 6.49. The van der Waals surface area contributed by atoms with Crippen LogP contribution in [0.25, 0.3) is 22.2 Å². The number of nitrogens with two attached hydrogens (primary N) is 1.